The van der Waals surface area contributed by atoms with Gasteiger partial charge in [0, 0.05) is 20.6 Å². The quantitative estimate of drug-likeness (QED) is 0.543. The molecule has 0 aliphatic rings. The maximum Gasteiger partial charge on any atom is 0.334 e. The van der Waals surface area contributed by atoms with Crippen molar-refractivity contribution >= 4 is 11.9 Å². The molecule has 0 saturated heterocycles. The summed E-state index contributed by atoms with van der Waals surface area (Å²) >= 11 is 0. The molecule has 0 heterocycles. The molecule has 1 N–H and O–H groups in total. The van der Waals surface area contributed by atoms with Gasteiger partial charge in [-0.3, -0.25) is 4.79 Å². The highest BCUT2D eigenvalue weighted by Crippen LogP contribution is 1.90. The van der Waals surface area contributed by atoms with Gasteiger partial charge in [0.15, 0.2) is 0 Å². The minimum atomic E-state index is -0.991. The Balaban J connectivity index is 0. The highest BCUT2D eigenvalue weighted by atomic mass is 16.5. The van der Waals surface area contributed by atoms with E-state index in [0.29, 0.717) is 13.2 Å². The first-order chi connectivity index (χ1) is 8.45. The van der Waals surface area contributed by atoms with Gasteiger partial charge in [0.05, 0.1) is 13.2 Å². The number of esters is 2. The van der Waals surface area contributed by atoms with E-state index >= 15 is 0 Å². The van der Waals surface area contributed by atoms with Gasteiger partial charge in [-0.15, -0.1) is 0 Å². The number of carbonyl (C=O) groups is 2. The van der Waals surface area contributed by atoms with Gasteiger partial charge in [-0.1, -0.05) is 0 Å². The molecule has 0 saturated carbocycles. The highest BCUT2D eigenvalue weighted by molar-refractivity contribution is 5.73. The van der Waals surface area contributed by atoms with Crippen molar-refractivity contribution in [2.24, 2.45) is 0 Å². The molecule has 108 valence electrons. The van der Waals surface area contributed by atoms with Gasteiger partial charge in [-0.25, -0.2) is 4.79 Å². The fraction of sp³-hybridized carbons (Fsp3) is 0.833. The Hall–Kier alpha value is -1.14. The van der Waals surface area contributed by atoms with Crippen LogP contribution in [0.1, 0.15) is 33.6 Å². The van der Waals surface area contributed by atoms with E-state index in [1.165, 1.54) is 13.8 Å². The Morgan fingerprint density at radius 1 is 1.17 bits per heavy atom. The van der Waals surface area contributed by atoms with Crippen molar-refractivity contribution in [3.05, 3.63) is 0 Å². The van der Waals surface area contributed by atoms with Gasteiger partial charge in [-0.2, -0.15) is 0 Å². The number of aliphatic hydroxyl groups is 1. The summed E-state index contributed by atoms with van der Waals surface area (Å²) in [6, 6.07) is 0. The zero-order valence-electron chi connectivity index (χ0n) is 11.6. The van der Waals surface area contributed by atoms with Crippen LogP contribution in [0.4, 0.5) is 0 Å². The van der Waals surface area contributed by atoms with Crippen LogP contribution in [0.5, 0.6) is 0 Å². The smallest absolute Gasteiger partial charge is 0.334 e. The monoisotopic (exact) mass is 264 g/mol. The van der Waals surface area contributed by atoms with E-state index in [-0.39, 0.29) is 5.97 Å². The first kappa shape index (κ1) is 19.2. The molecule has 6 heteroatoms. The van der Waals surface area contributed by atoms with Crippen molar-refractivity contribution in [1.29, 1.82) is 0 Å². The lowest BCUT2D eigenvalue weighted by molar-refractivity contribution is -0.151. The molecule has 0 aromatic heterocycles. The van der Waals surface area contributed by atoms with E-state index in [0.717, 1.165) is 19.4 Å². The molecule has 0 radical (unpaired) electrons. The molecule has 0 amide bonds. The molecule has 0 aliphatic carbocycles. The molecular weight excluding hydrogens is 240 g/mol. The molecule has 1 unspecified atom stereocenters. The lowest BCUT2D eigenvalue weighted by Gasteiger charge is -2.01. The minimum absolute atomic E-state index is 0.211. The van der Waals surface area contributed by atoms with Crippen molar-refractivity contribution in [1.82, 2.24) is 0 Å². The van der Waals surface area contributed by atoms with Crippen LogP contribution in [0.25, 0.3) is 0 Å². The molecule has 18 heavy (non-hydrogen) atoms. The number of unbranched alkanes of at least 4 members (excludes halogenated alkanes) is 1. The van der Waals surface area contributed by atoms with Crippen LogP contribution in [0.2, 0.25) is 0 Å². The van der Waals surface area contributed by atoms with Gasteiger partial charge in [0.25, 0.3) is 0 Å². The van der Waals surface area contributed by atoms with E-state index < -0.39 is 12.1 Å². The topological polar surface area (TPSA) is 82.1 Å². The first-order valence-corrected chi connectivity index (χ1v) is 5.92. The number of methoxy groups -OCH3 is 1. The lowest BCUT2D eigenvalue weighted by atomic mass is 10.3. The predicted molar refractivity (Wildman–Crippen MR) is 66.1 cm³/mol. The Morgan fingerprint density at radius 3 is 2.06 bits per heavy atom. The summed E-state index contributed by atoms with van der Waals surface area (Å²) in [5.74, 6) is -0.773. The summed E-state index contributed by atoms with van der Waals surface area (Å²) in [5.41, 5.74) is 0. The summed E-state index contributed by atoms with van der Waals surface area (Å²) in [7, 11) is 1.66. The van der Waals surface area contributed by atoms with Crippen molar-refractivity contribution in [2.75, 3.05) is 26.9 Å². The van der Waals surface area contributed by atoms with E-state index in [1.54, 1.807) is 14.0 Å². The summed E-state index contributed by atoms with van der Waals surface area (Å²) in [4.78, 5) is 20.5. The molecule has 0 aromatic carbocycles. The fourth-order valence-corrected chi connectivity index (χ4v) is 0.827. The second kappa shape index (κ2) is 13.9. The number of carbonyl (C=O) groups excluding carboxylic acids is 2. The number of hydrogen-bond acceptors (Lipinski definition) is 6. The van der Waals surface area contributed by atoms with Crippen LogP contribution in [0.15, 0.2) is 0 Å². The third kappa shape index (κ3) is 17.3. The first-order valence-electron chi connectivity index (χ1n) is 5.92. The number of ether oxygens (including phenoxy) is 3. The second-order valence-corrected chi connectivity index (χ2v) is 3.47. The summed E-state index contributed by atoms with van der Waals surface area (Å²) in [6.45, 7) is 6.05. The third-order valence-electron chi connectivity index (χ3n) is 1.68. The molecule has 0 fully saturated rings. The van der Waals surface area contributed by atoms with Gasteiger partial charge in [0.2, 0.25) is 0 Å². The van der Waals surface area contributed by atoms with Crippen molar-refractivity contribution in [2.45, 2.75) is 39.7 Å². The number of hydrogen-bond donors (Lipinski definition) is 1. The molecule has 0 aromatic rings. The number of aliphatic hydroxyl groups excluding tert-OH is 1. The highest BCUT2D eigenvalue weighted by Gasteiger charge is 2.07. The van der Waals surface area contributed by atoms with Crippen molar-refractivity contribution < 1.29 is 28.9 Å². The molecular formula is C12H24O6. The van der Waals surface area contributed by atoms with Crippen LogP contribution >= 0.6 is 0 Å². The maximum atomic E-state index is 10.3. The van der Waals surface area contributed by atoms with Crippen LogP contribution in [0, 0.1) is 0 Å². The van der Waals surface area contributed by atoms with Gasteiger partial charge < -0.3 is 19.3 Å². The maximum absolute atomic E-state index is 10.3. The largest absolute Gasteiger partial charge is 0.466 e. The fourth-order valence-electron chi connectivity index (χ4n) is 0.827. The molecule has 6 nitrogen and oxygen atoms in total. The van der Waals surface area contributed by atoms with Crippen LogP contribution in [-0.2, 0) is 23.8 Å². The average molecular weight is 264 g/mol. The molecule has 0 rings (SSSR count). The van der Waals surface area contributed by atoms with Gasteiger partial charge in [-0.05, 0) is 26.7 Å². The van der Waals surface area contributed by atoms with Crippen molar-refractivity contribution in [3.63, 3.8) is 0 Å². The van der Waals surface area contributed by atoms with Gasteiger partial charge in [0.1, 0.15) is 6.10 Å². The SMILES string of the molecule is CCOC(=O)C(C)O.COCCCCOC(C)=O. The van der Waals surface area contributed by atoms with Crippen LogP contribution in [0.3, 0.4) is 0 Å². The van der Waals surface area contributed by atoms with E-state index in [2.05, 4.69) is 4.74 Å². The zero-order valence-corrected chi connectivity index (χ0v) is 11.6. The van der Waals surface area contributed by atoms with E-state index in [4.69, 9.17) is 14.6 Å². The summed E-state index contributed by atoms with van der Waals surface area (Å²) < 4.78 is 13.9. The normalized spacial score (nSPS) is 10.9. The Labute approximate surface area is 108 Å². The van der Waals surface area contributed by atoms with Crippen LogP contribution in [-0.4, -0.2) is 50.1 Å². The molecule has 1 atom stereocenters. The Bertz CT molecular complexity index is 215. The van der Waals surface area contributed by atoms with E-state index in [1.807, 2.05) is 0 Å². The standard InChI is InChI=1S/C7H14O3.C5H10O3/c1-7(8)10-6-4-3-5-9-2;1-3-8-5(7)4(2)6/h3-6H2,1-2H3;4,6H,3H2,1-2H3. The summed E-state index contributed by atoms with van der Waals surface area (Å²) in [5, 5.41) is 8.48. The number of rotatable bonds is 7. The summed E-state index contributed by atoms with van der Waals surface area (Å²) in [6.07, 6.45) is 0.840. The Morgan fingerprint density at radius 2 is 1.72 bits per heavy atom. The van der Waals surface area contributed by atoms with Crippen LogP contribution < -0.4 is 0 Å². The third-order valence-corrected chi connectivity index (χ3v) is 1.68. The average Bonchev–Trinajstić information content (AvgIpc) is 2.29. The minimum Gasteiger partial charge on any atom is -0.466 e. The molecule has 0 bridgehead atoms. The molecule has 0 aliphatic heterocycles. The van der Waals surface area contributed by atoms with Gasteiger partial charge >= 0.3 is 11.9 Å². The zero-order chi connectivity index (χ0) is 14.4. The molecule has 0 spiro atoms. The van der Waals surface area contributed by atoms with Crippen molar-refractivity contribution in [3.8, 4) is 0 Å². The Kier molecular flexibility index (Phi) is 14.9. The lowest BCUT2D eigenvalue weighted by Crippen LogP contribution is -2.18. The van der Waals surface area contributed by atoms with E-state index in [9.17, 15) is 9.59 Å². The predicted octanol–water partition coefficient (Wildman–Crippen LogP) is 0.906. The second-order valence-electron chi connectivity index (χ2n) is 3.47.